The van der Waals surface area contributed by atoms with Crippen molar-refractivity contribution >= 4 is 17.2 Å². The van der Waals surface area contributed by atoms with E-state index in [9.17, 15) is 18.3 Å². The number of hydrogen-bond acceptors (Lipinski definition) is 4. The summed E-state index contributed by atoms with van der Waals surface area (Å²) in [6.07, 6.45) is -4.46. The number of rotatable bonds is 4. The fourth-order valence-electron chi connectivity index (χ4n) is 2.12. The molecule has 5 nitrogen and oxygen atoms in total. The van der Waals surface area contributed by atoms with Crippen LogP contribution in [0.2, 0.25) is 0 Å². The van der Waals surface area contributed by atoms with E-state index in [0.717, 1.165) is 5.69 Å². The van der Waals surface area contributed by atoms with Gasteiger partial charge in [0.15, 0.2) is 5.82 Å². The summed E-state index contributed by atoms with van der Waals surface area (Å²) in [7, 11) is 0. The zero-order chi connectivity index (χ0) is 17.2. The molecule has 2 aromatic carbocycles. The zero-order valence-electron chi connectivity index (χ0n) is 12.2. The Morgan fingerprint density at radius 2 is 1.54 bits per heavy atom. The number of anilines is 3. The van der Waals surface area contributed by atoms with Gasteiger partial charge in [0.1, 0.15) is 5.75 Å². The van der Waals surface area contributed by atoms with Crippen LogP contribution in [0.4, 0.5) is 30.4 Å². The molecule has 3 rings (SSSR count). The van der Waals surface area contributed by atoms with E-state index in [1.54, 1.807) is 42.5 Å². The SMILES string of the molecule is Oc1ccc(Nc2cc(-c3ccc(NC(F)(F)F)cc3)[nH]n2)cc1. The Bertz CT molecular complexity index is 811. The normalized spacial score (nSPS) is 11.3. The number of benzene rings is 2. The molecule has 4 N–H and O–H groups in total. The number of halogens is 3. The van der Waals surface area contributed by atoms with Gasteiger partial charge in [-0.2, -0.15) is 18.3 Å². The van der Waals surface area contributed by atoms with Gasteiger partial charge in [0.05, 0.1) is 5.69 Å². The number of aromatic amines is 1. The van der Waals surface area contributed by atoms with Crippen LogP contribution in [0.25, 0.3) is 11.3 Å². The van der Waals surface area contributed by atoms with Gasteiger partial charge in [-0.25, -0.2) is 0 Å². The highest BCUT2D eigenvalue weighted by molar-refractivity contribution is 5.67. The Morgan fingerprint density at radius 1 is 0.917 bits per heavy atom. The Balaban J connectivity index is 1.72. The molecule has 0 aliphatic carbocycles. The molecule has 0 aliphatic heterocycles. The summed E-state index contributed by atoms with van der Waals surface area (Å²) in [6.45, 7) is 0. The minimum Gasteiger partial charge on any atom is -0.508 e. The molecule has 1 heterocycles. The van der Waals surface area contributed by atoms with Crippen molar-refractivity contribution in [3.63, 3.8) is 0 Å². The van der Waals surface area contributed by atoms with E-state index in [2.05, 4.69) is 15.5 Å². The van der Waals surface area contributed by atoms with Crippen molar-refractivity contribution in [2.24, 2.45) is 0 Å². The van der Waals surface area contributed by atoms with E-state index in [0.29, 0.717) is 17.1 Å². The molecule has 0 saturated heterocycles. The topological polar surface area (TPSA) is 73.0 Å². The number of hydrogen-bond donors (Lipinski definition) is 4. The molecule has 0 bridgehead atoms. The molecule has 3 aromatic rings. The van der Waals surface area contributed by atoms with Crippen LogP contribution < -0.4 is 10.6 Å². The largest absolute Gasteiger partial charge is 0.508 e. The fraction of sp³-hybridized carbons (Fsp3) is 0.0625. The molecule has 0 aliphatic rings. The van der Waals surface area contributed by atoms with E-state index in [-0.39, 0.29) is 11.4 Å². The van der Waals surface area contributed by atoms with E-state index < -0.39 is 6.30 Å². The molecule has 8 heteroatoms. The summed E-state index contributed by atoms with van der Waals surface area (Å²) in [5.74, 6) is 0.712. The first-order valence-electron chi connectivity index (χ1n) is 6.96. The lowest BCUT2D eigenvalue weighted by molar-refractivity contribution is -0.0999. The van der Waals surface area contributed by atoms with E-state index in [4.69, 9.17) is 0 Å². The molecule has 24 heavy (non-hydrogen) atoms. The average molecular weight is 334 g/mol. The first kappa shape index (κ1) is 15.7. The van der Waals surface area contributed by atoms with Gasteiger partial charge in [-0.15, -0.1) is 0 Å². The van der Waals surface area contributed by atoms with Crippen LogP contribution in [0.3, 0.4) is 0 Å². The van der Waals surface area contributed by atoms with Gasteiger partial charge in [-0.1, -0.05) is 12.1 Å². The lowest BCUT2D eigenvalue weighted by Crippen LogP contribution is -2.20. The minimum absolute atomic E-state index is 0.0341. The van der Waals surface area contributed by atoms with Crippen LogP contribution in [0.1, 0.15) is 0 Å². The van der Waals surface area contributed by atoms with Crippen molar-refractivity contribution in [1.29, 1.82) is 0 Å². The van der Waals surface area contributed by atoms with Gasteiger partial charge >= 0.3 is 6.30 Å². The molecule has 0 fully saturated rings. The Kier molecular flexibility index (Phi) is 4.03. The smallest absolute Gasteiger partial charge is 0.482 e. The molecule has 124 valence electrons. The molecule has 0 radical (unpaired) electrons. The van der Waals surface area contributed by atoms with Crippen LogP contribution in [-0.2, 0) is 0 Å². The third-order valence-electron chi connectivity index (χ3n) is 3.20. The predicted octanol–water partition coefficient (Wildman–Crippen LogP) is 4.46. The Labute approximate surface area is 135 Å². The number of aromatic nitrogens is 2. The van der Waals surface area contributed by atoms with Crippen molar-refractivity contribution in [3.05, 3.63) is 54.6 Å². The summed E-state index contributed by atoms with van der Waals surface area (Å²) in [6, 6.07) is 14.0. The van der Waals surface area contributed by atoms with Gasteiger partial charge in [0.25, 0.3) is 0 Å². The number of nitrogens with one attached hydrogen (secondary N) is 3. The second-order valence-electron chi connectivity index (χ2n) is 5.04. The zero-order valence-corrected chi connectivity index (χ0v) is 12.2. The molecule has 0 atom stereocenters. The average Bonchev–Trinajstić information content (AvgIpc) is 2.97. The van der Waals surface area contributed by atoms with Gasteiger partial charge in [-0.05, 0) is 42.0 Å². The van der Waals surface area contributed by atoms with Crippen molar-refractivity contribution in [2.75, 3.05) is 10.6 Å². The Hall–Kier alpha value is -3.16. The molecule has 1 aromatic heterocycles. The quantitative estimate of drug-likeness (QED) is 0.420. The van der Waals surface area contributed by atoms with E-state index >= 15 is 0 Å². The lowest BCUT2D eigenvalue weighted by Gasteiger charge is -2.09. The number of H-pyrrole nitrogens is 1. The molecule has 0 saturated carbocycles. The van der Waals surface area contributed by atoms with Crippen LogP contribution in [-0.4, -0.2) is 21.6 Å². The van der Waals surface area contributed by atoms with Gasteiger partial charge in [-0.3, -0.25) is 10.4 Å². The van der Waals surface area contributed by atoms with Gasteiger partial charge in [0, 0.05) is 17.4 Å². The van der Waals surface area contributed by atoms with E-state index in [1.807, 2.05) is 0 Å². The van der Waals surface area contributed by atoms with Crippen LogP contribution in [0, 0.1) is 0 Å². The first-order valence-corrected chi connectivity index (χ1v) is 6.96. The number of phenolic OH excluding ortho intramolecular Hbond substituents is 1. The summed E-state index contributed by atoms with van der Waals surface area (Å²) in [4.78, 5) is 0. The first-order chi connectivity index (χ1) is 11.4. The number of alkyl halides is 3. The van der Waals surface area contributed by atoms with E-state index in [1.165, 1.54) is 17.4 Å². The number of aromatic hydroxyl groups is 1. The maximum Gasteiger partial charge on any atom is 0.482 e. The van der Waals surface area contributed by atoms with Crippen molar-refractivity contribution in [2.45, 2.75) is 6.30 Å². The van der Waals surface area contributed by atoms with Crippen LogP contribution in [0.5, 0.6) is 5.75 Å². The second-order valence-corrected chi connectivity index (χ2v) is 5.04. The monoisotopic (exact) mass is 334 g/mol. The summed E-state index contributed by atoms with van der Waals surface area (Å²) >= 11 is 0. The number of phenols is 1. The fourth-order valence-corrected chi connectivity index (χ4v) is 2.12. The lowest BCUT2D eigenvalue weighted by atomic mass is 10.1. The van der Waals surface area contributed by atoms with Crippen molar-refractivity contribution in [3.8, 4) is 17.0 Å². The van der Waals surface area contributed by atoms with Crippen LogP contribution >= 0.6 is 0 Å². The third-order valence-corrected chi connectivity index (χ3v) is 3.20. The summed E-state index contributed by atoms with van der Waals surface area (Å²) < 4.78 is 36.7. The molecule has 0 spiro atoms. The highest BCUT2D eigenvalue weighted by Gasteiger charge is 2.26. The van der Waals surface area contributed by atoms with Crippen molar-refractivity contribution < 1.29 is 18.3 Å². The second kappa shape index (κ2) is 6.15. The molecular formula is C16H13F3N4O. The highest BCUT2D eigenvalue weighted by Crippen LogP contribution is 2.26. The van der Waals surface area contributed by atoms with Gasteiger partial charge < -0.3 is 10.4 Å². The summed E-state index contributed by atoms with van der Waals surface area (Å²) in [5.41, 5.74) is 2.08. The summed E-state index contributed by atoms with van der Waals surface area (Å²) in [5, 5.41) is 20.7. The predicted molar refractivity (Wildman–Crippen MR) is 85.1 cm³/mol. The third kappa shape index (κ3) is 3.97. The molecule has 0 unspecified atom stereocenters. The Morgan fingerprint density at radius 3 is 2.17 bits per heavy atom. The minimum atomic E-state index is -4.46. The maximum atomic E-state index is 12.2. The maximum absolute atomic E-state index is 12.2. The van der Waals surface area contributed by atoms with Crippen molar-refractivity contribution in [1.82, 2.24) is 10.2 Å². The molecule has 0 amide bonds. The highest BCUT2D eigenvalue weighted by atomic mass is 19.4. The molecular weight excluding hydrogens is 321 g/mol. The van der Waals surface area contributed by atoms with Gasteiger partial charge in [0.2, 0.25) is 0 Å². The standard InChI is InChI=1S/C16H13F3N4O/c17-16(18,19)21-12-3-1-10(2-4-12)14-9-15(23-22-14)20-11-5-7-13(24)8-6-11/h1-9,21,24H,(H2,20,22,23). The number of nitrogens with zero attached hydrogens (tertiary/aromatic N) is 1. The van der Waals surface area contributed by atoms with Crippen LogP contribution in [0.15, 0.2) is 54.6 Å².